The smallest absolute Gasteiger partial charge is 0.310 e. The van der Waals surface area contributed by atoms with Gasteiger partial charge in [0.2, 0.25) is 6.10 Å². The van der Waals surface area contributed by atoms with E-state index in [1.54, 1.807) is 36.4 Å². The van der Waals surface area contributed by atoms with Gasteiger partial charge in [0.05, 0.1) is 5.92 Å². The van der Waals surface area contributed by atoms with Crippen molar-refractivity contribution in [2.45, 2.75) is 18.4 Å². The van der Waals surface area contributed by atoms with E-state index in [9.17, 15) is 18.8 Å². The maximum absolute atomic E-state index is 13.0. The van der Waals surface area contributed by atoms with E-state index in [-0.39, 0.29) is 24.3 Å². The van der Waals surface area contributed by atoms with Crippen LogP contribution in [0, 0.1) is 11.7 Å². The number of hydrogen-bond donors (Lipinski definition) is 2. The number of esters is 1. The maximum atomic E-state index is 13.0. The minimum Gasteiger partial charge on any atom is -0.485 e. The predicted octanol–water partition coefficient (Wildman–Crippen LogP) is 1.46. The molecule has 9 heteroatoms. The normalized spacial score (nSPS) is 21.3. The van der Waals surface area contributed by atoms with Gasteiger partial charge in [0.25, 0.3) is 11.8 Å². The Balaban J connectivity index is 1.17. The van der Waals surface area contributed by atoms with Crippen LogP contribution >= 0.6 is 0 Å². The maximum Gasteiger partial charge on any atom is 0.310 e. The van der Waals surface area contributed by atoms with Crippen molar-refractivity contribution in [1.29, 1.82) is 0 Å². The molecular formula is C21H19FN2O6. The number of ether oxygens (including phenoxy) is 3. The molecule has 3 atom stereocenters. The van der Waals surface area contributed by atoms with Crippen LogP contribution in [0.3, 0.4) is 0 Å². The molecule has 2 aromatic rings. The third kappa shape index (κ3) is 4.51. The molecule has 4 rings (SSSR count). The first kappa shape index (κ1) is 19.7. The Morgan fingerprint density at radius 1 is 1.03 bits per heavy atom. The van der Waals surface area contributed by atoms with Crippen LogP contribution < -0.4 is 20.3 Å². The van der Waals surface area contributed by atoms with Crippen molar-refractivity contribution < 1.29 is 33.0 Å². The minimum absolute atomic E-state index is 0.000156. The lowest BCUT2D eigenvalue weighted by atomic mass is 10.1. The molecule has 1 saturated carbocycles. The molecule has 2 aliphatic rings. The number of para-hydroxylation sites is 2. The number of hydrogen-bond acceptors (Lipinski definition) is 6. The molecule has 2 N–H and O–H groups in total. The standard InChI is InChI=1S/C21H19FN2O6/c22-13-7-5-12(6-8-13)14-9-15(14)21(27)29-11-19(25)23-24-20(26)18-10-28-16-3-1-2-4-17(16)30-18/h1-8,14-15,18H,9-11H2,(H,23,25)(H,24,26). The van der Waals surface area contributed by atoms with Crippen LogP contribution in [-0.4, -0.2) is 37.1 Å². The van der Waals surface area contributed by atoms with Gasteiger partial charge in [0, 0.05) is 0 Å². The van der Waals surface area contributed by atoms with Gasteiger partial charge < -0.3 is 14.2 Å². The van der Waals surface area contributed by atoms with Gasteiger partial charge in [-0.25, -0.2) is 4.39 Å². The number of benzene rings is 2. The number of fused-ring (bicyclic) bond motifs is 1. The van der Waals surface area contributed by atoms with Gasteiger partial charge >= 0.3 is 5.97 Å². The molecule has 3 unspecified atom stereocenters. The van der Waals surface area contributed by atoms with E-state index >= 15 is 0 Å². The van der Waals surface area contributed by atoms with Gasteiger partial charge in [-0.2, -0.15) is 0 Å². The zero-order valence-electron chi connectivity index (χ0n) is 15.8. The fraction of sp³-hybridized carbons (Fsp3) is 0.286. The Morgan fingerprint density at radius 3 is 2.53 bits per heavy atom. The van der Waals surface area contributed by atoms with Gasteiger partial charge in [0.1, 0.15) is 12.4 Å². The van der Waals surface area contributed by atoms with Gasteiger partial charge in [-0.3, -0.25) is 25.2 Å². The average molecular weight is 414 g/mol. The molecule has 0 aromatic heterocycles. The van der Waals surface area contributed by atoms with E-state index in [4.69, 9.17) is 14.2 Å². The zero-order chi connectivity index (χ0) is 21.1. The number of amides is 2. The molecule has 156 valence electrons. The monoisotopic (exact) mass is 414 g/mol. The van der Waals surface area contributed by atoms with Crippen molar-refractivity contribution in [3.63, 3.8) is 0 Å². The molecule has 0 radical (unpaired) electrons. The highest BCUT2D eigenvalue weighted by atomic mass is 19.1. The lowest BCUT2D eigenvalue weighted by Gasteiger charge is -2.25. The number of halogens is 1. The molecule has 0 spiro atoms. The first-order valence-electron chi connectivity index (χ1n) is 9.40. The Hall–Kier alpha value is -3.62. The van der Waals surface area contributed by atoms with Crippen LogP contribution in [-0.2, 0) is 19.1 Å². The van der Waals surface area contributed by atoms with Crippen LogP contribution in [0.15, 0.2) is 48.5 Å². The zero-order valence-corrected chi connectivity index (χ0v) is 15.8. The third-order valence-corrected chi connectivity index (χ3v) is 4.86. The lowest BCUT2D eigenvalue weighted by Crippen LogP contribution is -2.51. The summed E-state index contributed by atoms with van der Waals surface area (Å²) in [5.41, 5.74) is 5.25. The summed E-state index contributed by atoms with van der Waals surface area (Å²) in [5.74, 6) is -1.55. The number of rotatable bonds is 5. The molecule has 1 fully saturated rings. The summed E-state index contributed by atoms with van der Waals surface area (Å²) < 4.78 is 28.9. The fourth-order valence-electron chi connectivity index (χ4n) is 3.17. The number of carbonyl (C=O) groups excluding carboxylic acids is 3. The van der Waals surface area contributed by atoms with E-state index in [0.717, 1.165) is 5.56 Å². The summed E-state index contributed by atoms with van der Waals surface area (Å²) in [6.45, 7) is -0.531. The number of hydrazine groups is 1. The third-order valence-electron chi connectivity index (χ3n) is 4.86. The Morgan fingerprint density at radius 2 is 1.77 bits per heavy atom. The van der Waals surface area contributed by atoms with E-state index in [1.165, 1.54) is 12.1 Å². The largest absolute Gasteiger partial charge is 0.485 e. The molecule has 2 aromatic carbocycles. The van der Waals surface area contributed by atoms with Crippen molar-refractivity contribution in [3.8, 4) is 11.5 Å². The van der Waals surface area contributed by atoms with Crippen LogP contribution in [0.5, 0.6) is 11.5 Å². The number of nitrogens with one attached hydrogen (secondary N) is 2. The molecule has 0 saturated heterocycles. The van der Waals surface area contributed by atoms with Gasteiger partial charge in [-0.05, 0) is 42.2 Å². The molecule has 1 aliphatic heterocycles. The van der Waals surface area contributed by atoms with E-state index in [0.29, 0.717) is 17.9 Å². The van der Waals surface area contributed by atoms with E-state index in [2.05, 4.69) is 10.9 Å². The SMILES string of the molecule is O=C(COC(=O)C1CC1c1ccc(F)cc1)NNC(=O)C1COc2ccccc2O1. The topological polar surface area (TPSA) is 103 Å². The van der Waals surface area contributed by atoms with Crippen LogP contribution in [0.4, 0.5) is 4.39 Å². The molecule has 0 bridgehead atoms. The fourth-order valence-corrected chi connectivity index (χ4v) is 3.17. The summed E-state index contributed by atoms with van der Waals surface area (Å²) in [6, 6.07) is 12.9. The average Bonchev–Trinajstić information content (AvgIpc) is 3.57. The predicted molar refractivity (Wildman–Crippen MR) is 101 cm³/mol. The molecule has 1 aliphatic carbocycles. The van der Waals surface area contributed by atoms with Crippen LogP contribution in [0.2, 0.25) is 0 Å². The summed E-state index contributed by atoms with van der Waals surface area (Å²) in [4.78, 5) is 36.0. The lowest BCUT2D eigenvalue weighted by molar-refractivity contribution is -0.150. The first-order chi connectivity index (χ1) is 14.5. The van der Waals surface area contributed by atoms with Gasteiger partial charge in [-0.15, -0.1) is 0 Å². The molecule has 1 heterocycles. The van der Waals surface area contributed by atoms with Crippen molar-refractivity contribution >= 4 is 17.8 Å². The van der Waals surface area contributed by atoms with Crippen molar-refractivity contribution in [3.05, 3.63) is 59.9 Å². The van der Waals surface area contributed by atoms with Crippen molar-refractivity contribution in [2.24, 2.45) is 5.92 Å². The summed E-state index contributed by atoms with van der Waals surface area (Å²) in [7, 11) is 0. The summed E-state index contributed by atoms with van der Waals surface area (Å²) >= 11 is 0. The second-order valence-electron chi connectivity index (χ2n) is 7.01. The van der Waals surface area contributed by atoms with E-state index < -0.39 is 30.5 Å². The first-order valence-corrected chi connectivity index (χ1v) is 9.40. The Kier molecular flexibility index (Phi) is 5.51. The Labute approximate surface area is 171 Å². The molecule has 30 heavy (non-hydrogen) atoms. The minimum atomic E-state index is -0.925. The molecular weight excluding hydrogens is 395 g/mol. The summed E-state index contributed by atoms with van der Waals surface area (Å²) in [5, 5.41) is 0. The van der Waals surface area contributed by atoms with Crippen molar-refractivity contribution in [1.82, 2.24) is 10.9 Å². The van der Waals surface area contributed by atoms with Crippen LogP contribution in [0.1, 0.15) is 17.9 Å². The summed E-state index contributed by atoms with van der Waals surface area (Å²) in [6.07, 6.45) is -0.339. The van der Waals surface area contributed by atoms with E-state index in [1.807, 2.05) is 0 Å². The van der Waals surface area contributed by atoms with Crippen molar-refractivity contribution in [2.75, 3.05) is 13.2 Å². The highest BCUT2D eigenvalue weighted by Crippen LogP contribution is 2.48. The number of carbonyl (C=O) groups is 3. The highest BCUT2D eigenvalue weighted by Gasteiger charge is 2.45. The highest BCUT2D eigenvalue weighted by molar-refractivity contribution is 5.87. The quantitative estimate of drug-likeness (QED) is 0.567. The second-order valence-corrected chi connectivity index (χ2v) is 7.01. The van der Waals surface area contributed by atoms with Crippen LogP contribution in [0.25, 0.3) is 0 Å². The Bertz CT molecular complexity index is 964. The molecule has 8 nitrogen and oxygen atoms in total. The molecule has 2 amide bonds. The second kappa shape index (κ2) is 8.40. The van der Waals surface area contributed by atoms with Gasteiger partial charge in [-0.1, -0.05) is 24.3 Å². The van der Waals surface area contributed by atoms with Gasteiger partial charge in [0.15, 0.2) is 18.1 Å².